The van der Waals surface area contributed by atoms with Gasteiger partial charge in [0.05, 0.1) is 15.4 Å². The van der Waals surface area contributed by atoms with Crippen LogP contribution in [-0.2, 0) is 25.4 Å². The minimum atomic E-state index is -4.82. The molecule has 182 valence electrons. The van der Waals surface area contributed by atoms with E-state index in [-0.39, 0.29) is 11.3 Å². The number of nitro benzene ring substituents is 1. The molecule has 0 saturated heterocycles. The highest BCUT2D eigenvalue weighted by molar-refractivity contribution is 7.99. The third kappa shape index (κ3) is 9.32. The van der Waals surface area contributed by atoms with E-state index in [0.717, 1.165) is 6.07 Å². The molecule has 0 aliphatic carbocycles. The van der Waals surface area contributed by atoms with E-state index in [1.807, 2.05) is 5.32 Å². The van der Waals surface area contributed by atoms with Crippen LogP contribution >= 0.6 is 11.8 Å². The van der Waals surface area contributed by atoms with Crippen LogP contribution in [0.15, 0.2) is 23.1 Å². The van der Waals surface area contributed by atoms with Gasteiger partial charge >= 0.3 is 18.1 Å². The van der Waals surface area contributed by atoms with E-state index >= 15 is 0 Å². The molecule has 2 atom stereocenters. The second-order valence-electron chi connectivity index (χ2n) is 6.46. The Labute approximate surface area is 187 Å². The van der Waals surface area contributed by atoms with Gasteiger partial charge in [0, 0.05) is 18.2 Å². The summed E-state index contributed by atoms with van der Waals surface area (Å²) in [6.07, 6.45) is -5.50. The van der Waals surface area contributed by atoms with Crippen LogP contribution < -0.4 is 16.4 Å². The molecule has 33 heavy (non-hydrogen) atoms. The van der Waals surface area contributed by atoms with Crippen molar-refractivity contribution >= 4 is 41.2 Å². The Bertz CT molecular complexity index is 928. The van der Waals surface area contributed by atoms with Gasteiger partial charge in [-0.25, -0.2) is 0 Å². The summed E-state index contributed by atoms with van der Waals surface area (Å²) in [4.78, 5) is 55.6. The Morgan fingerprint density at radius 3 is 2.36 bits per heavy atom. The molecule has 16 heteroatoms. The summed E-state index contributed by atoms with van der Waals surface area (Å²) in [5.41, 5.74) is 3.16. The first-order valence-corrected chi connectivity index (χ1v) is 9.96. The van der Waals surface area contributed by atoms with Crippen molar-refractivity contribution in [3.05, 3.63) is 33.9 Å². The second kappa shape index (κ2) is 12.0. The molecule has 0 saturated carbocycles. The number of hydrogen-bond donors (Lipinski definition) is 5. The van der Waals surface area contributed by atoms with Crippen LogP contribution in [0, 0.1) is 10.1 Å². The van der Waals surface area contributed by atoms with Crippen LogP contribution in [0.3, 0.4) is 0 Å². The van der Waals surface area contributed by atoms with Gasteiger partial charge < -0.3 is 26.6 Å². The molecule has 0 aliphatic heterocycles. The Balaban J connectivity index is 3.00. The number of carbonyl (C=O) groups is 4. The van der Waals surface area contributed by atoms with Gasteiger partial charge in [-0.15, -0.1) is 11.8 Å². The fourth-order valence-corrected chi connectivity index (χ4v) is 3.30. The SMILES string of the molecule is NC(CCC(=O)NC(CSc1ccc(C(F)(F)F)cc1[N+](=O)[O-])C(=O)NCC(=O)O)C(=O)O. The molecule has 0 aliphatic rings. The number of nitro groups is 1. The predicted octanol–water partition coefficient (Wildman–Crippen LogP) is 0.583. The quantitative estimate of drug-likeness (QED) is 0.155. The van der Waals surface area contributed by atoms with E-state index in [4.69, 9.17) is 15.9 Å². The van der Waals surface area contributed by atoms with Gasteiger partial charge in [-0.3, -0.25) is 29.3 Å². The smallest absolute Gasteiger partial charge is 0.416 e. The van der Waals surface area contributed by atoms with Crippen LogP contribution in [-0.4, -0.2) is 63.3 Å². The fraction of sp³-hybridized carbons (Fsp3) is 0.412. The predicted molar refractivity (Wildman–Crippen MR) is 106 cm³/mol. The minimum Gasteiger partial charge on any atom is -0.480 e. The van der Waals surface area contributed by atoms with Crippen LogP contribution in [0.4, 0.5) is 18.9 Å². The maximum Gasteiger partial charge on any atom is 0.416 e. The molecule has 6 N–H and O–H groups in total. The molecule has 0 heterocycles. The monoisotopic (exact) mass is 496 g/mol. The first-order valence-electron chi connectivity index (χ1n) is 8.98. The van der Waals surface area contributed by atoms with Crippen LogP contribution in [0.1, 0.15) is 18.4 Å². The summed E-state index contributed by atoms with van der Waals surface area (Å²) in [6.45, 7) is -0.805. The first kappa shape index (κ1) is 27.6. The molecule has 0 fully saturated rings. The minimum absolute atomic E-state index is 0.230. The van der Waals surface area contributed by atoms with Crippen LogP contribution in [0.5, 0.6) is 0 Å². The van der Waals surface area contributed by atoms with Crippen molar-refractivity contribution in [1.29, 1.82) is 0 Å². The number of alkyl halides is 3. The highest BCUT2D eigenvalue weighted by Crippen LogP contribution is 2.36. The number of benzene rings is 1. The van der Waals surface area contributed by atoms with Crippen molar-refractivity contribution < 1.29 is 47.5 Å². The molecule has 0 aromatic heterocycles. The molecule has 0 bridgehead atoms. The van der Waals surface area contributed by atoms with Crippen molar-refractivity contribution in [2.45, 2.75) is 36.0 Å². The van der Waals surface area contributed by atoms with Gasteiger partial charge in [-0.1, -0.05) is 0 Å². The van der Waals surface area contributed by atoms with E-state index < -0.39 is 76.9 Å². The van der Waals surface area contributed by atoms with Gasteiger partial charge in [-0.2, -0.15) is 13.2 Å². The largest absolute Gasteiger partial charge is 0.480 e. The van der Waals surface area contributed by atoms with Gasteiger partial charge in [0.25, 0.3) is 5.69 Å². The number of aliphatic carboxylic acids is 2. The summed E-state index contributed by atoms with van der Waals surface area (Å²) >= 11 is 0.586. The number of nitrogens with zero attached hydrogens (tertiary/aromatic N) is 1. The number of carboxylic acids is 2. The summed E-state index contributed by atoms with van der Waals surface area (Å²) in [5.74, 6) is -4.95. The first-order chi connectivity index (χ1) is 15.2. The summed E-state index contributed by atoms with van der Waals surface area (Å²) in [5, 5.41) is 32.8. The molecule has 1 aromatic rings. The third-order valence-electron chi connectivity index (χ3n) is 3.95. The maximum atomic E-state index is 12.8. The number of nitrogens with one attached hydrogen (secondary N) is 2. The van der Waals surface area contributed by atoms with Gasteiger partial charge in [0.1, 0.15) is 18.6 Å². The van der Waals surface area contributed by atoms with Crippen molar-refractivity contribution in [3.63, 3.8) is 0 Å². The molecule has 0 radical (unpaired) electrons. The van der Waals surface area contributed by atoms with E-state index in [2.05, 4.69) is 5.32 Å². The zero-order valence-electron chi connectivity index (χ0n) is 16.6. The molecule has 1 aromatic carbocycles. The molecular formula is C17H19F3N4O8S. The van der Waals surface area contributed by atoms with Gasteiger partial charge in [0.15, 0.2) is 0 Å². The highest BCUT2D eigenvalue weighted by atomic mass is 32.2. The van der Waals surface area contributed by atoms with Crippen molar-refractivity contribution in [1.82, 2.24) is 10.6 Å². The number of thioether (sulfide) groups is 1. The third-order valence-corrected chi connectivity index (χ3v) is 5.11. The lowest BCUT2D eigenvalue weighted by Gasteiger charge is -2.18. The maximum absolute atomic E-state index is 12.8. The number of amides is 2. The Kier molecular flexibility index (Phi) is 10.1. The van der Waals surface area contributed by atoms with Crippen molar-refractivity contribution in [2.24, 2.45) is 5.73 Å². The van der Waals surface area contributed by atoms with E-state index in [0.29, 0.717) is 23.9 Å². The van der Waals surface area contributed by atoms with E-state index in [1.54, 1.807) is 0 Å². The lowest BCUT2D eigenvalue weighted by Crippen LogP contribution is -2.49. The number of halogens is 3. The summed E-state index contributed by atoms with van der Waals surface area (Å²) < 4.78 is 38.5. The normalized spacial score (nSPS) is 13.0. The Hall–Kier alpha value is -3.40. The molecular weight excluding hydrogens is 477 g/mol. The molecule has 2 unspecified atom stereocenters. The second-order valence-corrected chi connectivity index (χ2v) is 7.53. The lowest BCUT2D eigenvalue weighted by atomic mass is 10.1. The highest BCUT2D eigenvalue weighted by Gasteiger charge is 2.33. The fourth-order valence-electron chi connectivity index (χ4n) is 2.28. The molecule has 1 rings (SSSR count). The topological polar surface area (TPSA) is 202 Å². The average Bonchev–Trinajstić information content (AvgIpc) is 2.71. The summed E-state index contributed by atoms with van der Waals surface area (Å²) in [7, 11) is 0. The summed E-state index contributed by atoms with van der Waals surface area (Å²) in [6, 6.07) is -1.01. The molecule has 0 spiro atoms. The van der Waals surface area contributed by atoms with Gasteiger partial charge in [0.2, 0.25) is 11.8 Å². The number of rotatable bonds is 12. The standard InChI is InChI=1S/C17H19F3N4O8S/c18-17(19,20)8-1-3-12(11(5-8)24(31)32)33-7-10(15(28)22-6-14(26)27)23-13(25)4-2-9(21)16(29)30/h1,3,5,9-10H,2,4,6-7,21H2,(H,22,28)(H,23,25)(H,26,27)(H,29,30). The average molecular weight is 496 g/mol. The molecule has 12 nitrogen and oxygen atoms in total. The van der Waals surface area contributed by atoms with Crippen LogP contribution in [0.2, 0.25) is 0 Å². The van der Waals surface area contributed by atoms with E-state index in [9.17, 15) is 42.5 Å². The van der Waals surface area contributed by atoms with Crippen molar-refractivity contribution in [2.75, 3.05) is 12.3 Å². The van der Waals surface area contributed by atoms with E-state index in [1.165, 1.54) is 0 Å². The molecule has 2 amide bonds. The number of carbonyl (C=O) groups excluding carboxylic acids is 2. The van der Waals surface area contributed by atoms with Crippen molar-refractivity contribution in [3.8, 4) is 0 Å². The zero-order valence-corrected chi connectivity index (χ0v) is 17.4. The number of nitrogens with two attached hydrogens (primary N) is 1. The Morgan fingerprint density at radius 2 is 1.85 bits per heavy atom. The van der Waals surface area contributed by atoms with Crippen LogP contribution in [0.25, 0.3) is 0 Å². The zero-order chi connectivity index (χ0) is 25.3. The Morgan fingerprint density at radius 1 is 1.21 bits per heavy atom. The van der Waals surface area contributed by atoms with Gasteiger partial charge in [-0.05, 0) is 18.6 Å². The number of hydrogen-bond acceptors (Lipinski definition) is 8. The number of carboxylic acid groups (broad SMARTS) is 2. The lowest BCUT2D eigenvalue weighted by molar-refractivity contribution is -0.388.